The minimum absolute atomic E-state index is 0.343. The molecule has 0 aromatic heterocycles. The lowest BCUT2D eigenvalue weighted by Gasteiger charge is -2.23. The molecule has 0 radical (unpaired) electrons. The van der Waals surface area contributed by atoms with Crippen LogP contribution in [0.1, 0.15) is 39.0 Å². The molecule has 3 rings (SSSR count). The van der Waals surface area contributed by atoms with Crippen molar-refractivity contribution in [2.24, 2.45) is 4.99 Å². The zero-order valence-electron chi connectivity index (χ0n) is 15.0. The first-order chi connectivity index (χ1) is 12.1. The summed E-state index contributed by atoms with van der Waals surface area (Å²) in [5.41, 5.74) is 0.559. The molecule has 1 aromatic carbocycles. The fraction of sp³-hybridized carbons (Fsp3) is 0.632. The molecule has 1 aromatic rings. The number of guanidine groups is 1. The molecule has 138 valence electrons. The molecule has 1 aliphatic carbocycles. The van der Waals surface area contributed by atoms with E-state index in [9.17, 15) is 5.11 Å². The van der Waals surface area contributed by atoms with Crippen LogP contribution < -0.4 is 15.5 Å². The van der Waals surface area contributed by atoms with Gasteiger partial charge in [-0.05, 0) is 44.4 Å². The fourth-order valence-electron chi connectivity index (χ4n) is 3.72. The molecule has 0 amide bonds. The molecule has 1 saturated carbocycles. The van der Waals surface area contributed by atoms with Crippen LogP contribution in [0.2, 0.25) is 5.02 Å². The van der Waals surface area contributed by atoms with Crippen molar-refractivity contribution in [2.75, 3.05) is 31.1 Å². The molecule has 2 aliphatic rings. The molecule has 1 aliphatic heterocycles. The fourth-order valence-corrected chi connectivity index (χ4v) is 3.90. The van der Waals surface area contributed by atoms with Crippen LogP contribution in [0.5, 0.6) is 0 Å². The number of hydrogen-bond donors (Lipinski definition) is 3. The highest BCUT2D eigenvalue weighted by atomic mass is 35.5. The van der Waals surface area contributed by atoms with Gasteiger partial charge in [0.05, 0.1) is 12.1 Å². The van der Waals surface area contributed by atoms with E-state index in [1.165, 1.54) is 5.69 Å². The van der Waals surface area contributed by atoms with Crippen molar-refractivity contribution in [2.45, 2.75) is 50.7 Å². The van der Waals surface area contributed by atoms with Crippen molar-refractivity contribution in [1.29, 1.82) is 0 Å². The van der Waals surface area contributed by atoms with E-state index in [0.717, 1.165) is 62.7 Å². The molecule has 1 saturated heterocycles. The first-order valence-electron chi connectivity index (χ1n) is 9.36. The van der Waals surface area contributed by atoms with Crippen LogP contribution >= 0.6 is 11.6 Å². The van der Waals surface area contributed by atoms with Gasteiger partial charge in [-0.25, -0.2) is 0 Å². The number of hydrogen-bond acceptors (Lipinski definition) is 3. The number of nitrogens with zero attached hydrogens (tertiary/aromatic N) is 2. The average molecular weight is 365 g/mol. The third-order valence-electron chi connectivity index (χ3n) is 5.11. The molecule has 6 heteroatoms. The number of rotatable bonds is 5. The van der Waals surface area contributed by atoms with Crippen molar-refractivity contribution in [3.8, 4) is 0 Å². The summed E-state index contributed by atoms with van der Waals surface area (Å²) in [4.78, 5) is 6.99. The zero-order chi connectivity index (χ0) is 17.7. The van der Waals surface area contributed by atoms with Gasteiger partial charge in [0.2, 0.25) is 0 Å². The number of benzene rings is 1. The van der Waals surface area contributed by atoms with Crippen molar-refractivity contribution in [3.05, 3.63) is 29.3 Å². The van der Waals surface area contributed by atoms with Crippen molar-refractivity contribution >= 4 is 23.2 Å². The van der Waals surface area contributed by atoms with Crippen LogP contribution in [-0.4, -0.2) is 48.9 Å². The van der Waals surface area contributed by atoms with E-state index in [1.54, 1.807) is 0 Å². The SMILES string of the molecule is CCNC(=NCC1(O)CCCC1)NC1CCN(c2cccc(Cl)c2)C1. The minimum atomic E-state index is -0.606. The maximum absolute atomic E-state index is 10.5. The Hall–Kier alpha value is -1.46. The summed E-state index contributed by atoms with van der Waals surface area (Å²) in [6, 6.07) is 8.35. The van der Waals surface area contributed by atoms with Gasteiger partial charge in [-0.1, -0.05) is 30.5 Å². The Bertz CT molecular complexity index is 601. The van der Waals surface area contributed by atoms with Crippen molar-refractivity contribution < 1.29 is 5.11 Å². The second kappa shape index (κ2) is 8.28. The molecule has 0 spiro atoms. The normalized spacial score (nSPS) is 23.1. The third-order valence-corrected chi connectivity index (χ3v) is 5.35. The highest BCUT2D eigenvalue weighted by Crippen LogP contribution is 2.29. The Kier molecular flexibility index (Phi) is 6.07. The lowest BCUT2D eigenvalue weighted by atomic mass is 10.0. The lowest BCUT2D eigenvalue weighted by molar-refractivity contribution is 0.0574. The highest BCUT2D eigenvalue weighted by molar-refractivity contribution is 6.30. The lowest BCUT2D eigenvalue weighted by Crippen LogP contribution is -2.45. The second-order valence-electron chi connectivity index (χ2n) is 7.18. The second-order valence-corrected chi connectivity index (χ2v) is 7.62. The number of halogens is 1. The van der Waals surface area contributed by atoms with E-state index in [0.29, 0.717) is 12.6 Å². The number of aliphatic imine (C=N–C) groups is 1. The van der Waals surface area contributed by atoms with Crippen LogP contribution in [0.3, 0.4) is 0 Å². The van der Waals surface area contributed by atoms with E-state index in [2.05, 4.69) is 33.5 Å². The first kappa shape index (κ1) is 18.3. The Morgan fingerprint density at radius 3 is 2.92 bits per heavy atom. The first-order valence-corrected chi connectivity index (χ1v) is 9.73. The maximum atomic E-state index is 10.5. The van der Waals surface area contributed by atoms with E-state index in [4.69, 9.17) is 11.6 Å². The Balaban J connectivity index is 1.57. The van der Waals surface area contributed by atoms with Gasteiger partial charge in [-0.3, -0.25) is 4.99 Å². The monoisotopic (exact) mass is 364 g/mol. The van der Waals surface area contributed by atoms with E-state index in [1.807, 2.05) is 18.2 Å². The zero-order valence-corrected chi connectivity index (χ0v) is 15.7. The molecule has 1 atom stereocenters. The summed E-state index contributed by atoms with van der Waals surface area (Å²) in [6.07, 6.45) is 4.99. The summed E-state index contributed by atoms with van der Waals surface area (Å²) in [5, 5.41) is 18.1. The predicted molar refractivity (Wildman–Crippen MR) is 105 cm³/mol. The Morgan fingerprint density at radius 1 is 1.40 bits per heavy atom. The van der Waals surface area contributed by atoms with Crippen molar-refractivity contribution in [3.63, 3.8) is 0 Å². The van der Waals surface area contributed by atoms with E-state index < -0.39 is 5.60 Å². The van der Waals surface area contributed by atoms with Gasteiger partial charge in [-0.15, -0.1) is 0 Å². The standard InChI is InChI=1S/C19H29ClN4O/c1-2-21-18(22-14-19(25)9-3-4-10-19)23-16-8-11-24(13-16)17-7-5-6-15(20)12-17/h5-7,12,16,25H,2-4,8-11,13-14H2,1H3,(H2,21,22,23). The summed E-state index contributed by atoms with van der Waals surface area (Å²) >= 11 is 6.11. The van der Waals surface area contributed by atoms with Gasteiger partial charge >= 0.3 is 0 Å². The van der Waals surface area contributed by atoms with Gasteiger partial charge < -0.3 is 20.6 Å². The molecular weight excluding hydrogens is 336 g/mol. The van der Waals surface area contributed by atoms with Crippen LogP contribution in [0, 0.1) is 0 Å². The third kappa shape index (κ3) is 5.02. The topological polar surface area (TPSA) is 59.9 Å². The maximum Gasteiger partial charge on any atom is 0.191 e. The predicted octanol–water partition coefficient (Wildman–Crippen LogP) is 2.78. The largest absolute Gasteiger partial charge is 0.388 e. The van der Waals surface area contributed by atoms with Crippen molar-refractivity contribution in [1.82, 2.24) is 10.6 Å². The molecule has 5 nitrogen and oxygen atoms in total. The molecule has 1 unspecified atom stereocenters. The van der Waals surface area contributed by atoms with Gasteiger partial charge in [0, 0.05) is 36.4 Å². The summed E-state index contributed by atoms with van der Waals surface area (Å²) < 4.78 is 0. The van der Waals surface area contributed by atoms with Crippen LogP contribution in [0.25, 0.3) is 0 Å². The number of nitrogens with one attached hydrogen (secondary N) is 2. The van der Waals surface area contributed by atoms with Crippen LogP contribution in [0.15, 0.2) is 29.3 Å². The average Bonchev–Trinajstić information content (AvgIpc) is 3.23. The Labute approximate surface area is 155 Å². The minimum Gasteiger partial charge on any atom is -0.388 e. The summed E-state index contributed by atoms with van der Waals surface area (Å²) in [5.74, 6) is 0.806. The van der Waals surface area contributed by atoms with Gasteiger partial charge in [-0.2, -0.15) is 0 Å². The van der Waals surface area contributed by atoms with Crippen LogP contribution in [0.4, 0.5) is 5.69 Å². The summed E-state index contributed by atoms with van der Waals surface area (Å²) in [6.45, 7) is 5.28. The molecule has 1 heterocycles. The smallest absolute Gasteiger partial charge is 0.191 e. The number of aliphatic hydroxyl groups is 1. The van der Waals surface area contributed by atoms with Gasteiger partial charge in [0.15, 0.2) is 5.96 Å². The molecular formula is C19H29ClN4O. The van der Waals surface area contributed by atoms with Gasteiger partial charge in [0.1, 0.15) is 0 Å². The van der Waals surface area contributed by atoms with Gasteiger partial charge in [0.25, 0.3) is 0 Å². The summed E-state index contributed by atoms with van der Waals surface area (Å²) in [7, 11) is 0. The quantitative estimate of drug-likeness (QED) is 0.555. The Morgan fingerprint density at radius 2 is 2.20 bits per heavy atom. The van der Waals surface area contributed by atoms with E-state index >= 15 is 0 Å². The molecule has 3 N–H and O–H groups in total. The molecule has 25 heavy (non-hydrogen) atoms. The van der Waals surface area contributed by atoms with E-state index in [-0.39, 0.29) is 0 Å². The molecule has 0 bridgehead atoms. The highest BCUT2D eigenvalue weighted by Gasteiger charge is 2.31. The number of anilines is 1. The molecule has 2 fully saturated rings. The van der Waals surface area contributed by atoms with Crippen LogP contribution in [-0.2, 0) is 0 Å².